The van der Waals surface area contributed by atoms with Crippen molar-refractivity contribution in [3.63, 3.8) is 0 Å². The van der Waals surface area contributed by atoms with Gasteiger partial charge in [0.1, 0.15) is 12.4 Å². The van der Waals surface area contributed by atoms with Crippen LogP contribution < -0.4 is 15.0 Å². The number of hydrogen-bond donors (Lipinski definition) is 1. The molecule has 5 nitrogen and oxygen atoms in total. The van der Waals surface area contributed by atoms with Gasteiger partial charge in [0.05, 0.1) is 6.54 Å². The van der Waals surface area contributed by atoms with Crippen LogP contribution in [0.2, 0.25) is 0 Å². The number of para-hydroxylation sites is 1. The highest BCUT2D eigenvalue weighted by molar-refractivity contribution is 5.97. The average Bonchev–Trinajstić information content (AvgIpc) is 3.23. The third-order valence-electron chi connectivity index (χ3n) is 5.13. The van der Waals surface area contributed by atoms with Crippen LogP contribution >= 0.6 is 0 Å². The number of benzene rings is 3. The van der Waals surface area contributed by atoms with Crippen molar-refractivity contribution >= 4 is 17.5 Å². The summed E-state index contributed by atoms with van der Waals surface area (Å²) in [5.74, 6) is 0.770. The molecule has 5 heteroatoms. The number of ether oxygens (including phenoxy) is 1. The minimum absolute atomic E-state index is 0.139. The number of anilines is 1. The Balaban J connectivity index is 1.30. The van der Waals surface area contributed by atoms with E-state index in [2.05, 4.69) is 5.32 Å². The van der Waals surface area contributed by atoms with E-state index >= 15 is 0 Å². The van der Waals surface area contributed by atoms with Crippen LogP contribution in [0, 0.1) is 0 Å². The molecule has 4 rings (SSSR count). The van der Waals surface area contributed by atoms with Crippen LogP contribution in [0.4, 0.5) is 5.69 Å². The quantitative estimate of drug-likeness (QED) is 0.602. The largest absolute Gasteiger partial charge is 0.491 e. The lowest BCUT2D eigenvalue weighted by Gasteiger charge is -2.16. The number of nitrogens with one attached hydrogen (secondary N) is 1. The van der Waals surface area contributed by atoms with Gasteiger partial charge in [0.15, 0.2) is 0 Å². The second-order valence-electron chi connectivity index (χ2n) is 7.16. The molecule has 1 aliphatic heterocycles. The summed E-state index contributed by atoms with van der Waals surface area (Å²) in [5, 5.41) is 2.88. The monoisotopic (exact) mass is 400 g/mol. The van der Waals surface area contributed by atoms with Crippen molar-refractivity contribution in [3.8, 4) is 16.9 Å². The zero-order chi connectivity index (χ0) is 20.8. The Bertz CT molecular complexity index is 1020. The third-order valence-corrected chi connectivity index (χ3v) is 5.13. The lowest BCUT2D eigenvalue weighted by atomic mass is 10.1. The Hall–Kier alpha value is -3.60. The molecule has 0 radical (unpaired) electrons. The molecule has 1 N–H and O–H groups in total. The zero-order valence-corrected chi connectivity index (χ0v) is 16.7. The molecule has 152 valence electrons. The van der Waals surface area contributed by atoms with Crippen molar-refractivity contribution < 1.29 is 14.3 Å². The van der Waals surface area contributed by atoms with Crippen LogP contribution in [-0.2, 0) is 4.79 Å². The first-order valence-electron chi connectivity index (χ1n) is 10.2. The average molecular weight is 400 g/mol. The molecular formula is C25H24N2O3. The lowest BCUT2D eigenvalue weighted by molar-refractivity contribution is -0.117. The van der Waals surface area contributed by atoms with E-state index in [0.717, 1.165) is 35.5 Å². The second-order valence-corrected chi connectivity index (χ2v) is 7.16. The third kappa shape index (κ3) is 4.51. The molecule has 3 aromatic rings. The Labute approximate surface area is 176 Å². The van der Waals surface area contributed by atoms with Crippen LogP contribution in [0.3, 0.4) is 0 Å². The van der Waals surface area contributed by atoms with Gasteiger partial charge in [-0.15, -0.1) is 0 Å². The smallest absolute Gasteiger partial charge is 0.251 e. The van der Waals surface area contributed by atoms with E-state index in [9.17, 15) is 9.59 Å². The Kier molecular flexibility index (Phi) is 6.09. The van der Waals surface area contributed by atoms with Gasteiger partial charge in [-0.2, -0.15) is 0 Å². The maximum Gasteiger partial charge on any atom is 0.251 e. The maximum absolute atomic E-state index is 12.4. The second kappa shape index (κ2) is 9.27. The molecule has 1 saturated heterocycles. The van der Waals surface area contributed by atoms with Gasteiger partial charge in [0.25, 0.3) is 5.91 Å². The molecule has 0 aliphatic carbocycles. The van der Waals surface area contributed by atoms with E-state index in [1.807, 2.05) is 66.7 Å². The van der Waals surface area contributed by atoms with Gasteiger partial charge in [0.2, 0.25) is 5.91 Å². The summed E-state index contributed by atoms with van der Waals surface area (Å²) in [6.07, 6.45) is 1.48. The number of carbonyl (C=O) groups is 2. The van der Waals surface area contributed by atoms with E-state index in [4.69, 9.17) is 4.74 Å². The normalized spacial score (nSPS) is 13.3. The van der Waals surface area contributed by atoms with Crippen molar-refractivity contribution in [2.24, 2.45) is 0 Å². The summed E-state index contributed by atoms with van der Waals surface area (Å²) >= 11 is 0. The topological polar surface area (TPSA) is 58.6 Å². The van der Waals surface area contributed by atoms with Gasteiger partial charge in [-0.25, -0.2) is 0 Å². The van der Waals surface area contributed by atoms with Crippen LogP contribution in [0.25, 0.3) is 11.1 Å². The van der Waals surface area contributed by atoms with E-state index < -0.39 is 0 Å². The van der Waals surface area contributed by atoms with Crippen molar-refractivity contribution in [3.05, 3.63) is 84.4 Å². The van der Waals surface area contributed by atoms with E-state index in [1.165, 1.54) is 0 Å². The SMILES string of the molecule is O=C(NCCOc1ccccc1-c1ccccc1)c1ccc(N2CCCC2=O)cc1. The number of carbonyl (C=O) groups excluding carboxylic acids is 2. The van der Waals surface area contributed by atoms with Gasteiger partial charge < -0.3 is 15.0 Å². The van der Waals surface area contributed by atoms with E-state index in [0.29, 0.717) is 25.1 Å². The Morgan fingerprint density at radius 1 is 0.933 bits per heavy atom. The zero-order valence-electron chi connectivity index (χ0n) is 16.7. The predicted octanol–water partition coefficient (Wildman–Crippen LogP) is 4.29. The summed E-state index contributed by atoms with van der Waals surface area (Å²) in [7, 11) is 0. The fourth-order valence-corrected chi connectivity index (χ4v) is 3.59. The molecule has 0 bridgehead atoms. The summed E-state index contributed by atoms with van der Waals surface area (Å²) in [6.45, 7) is 1.51. The molecule has 0 spiro atoms. The molecule has 0 atom stereocenters. The van der Waals surface area contributed by atoms with Crippen molar-refractivity contribution in [1.82, 2.24) is 5.32 Å². The highest BCUT2D eigenvalue weighted by Gasteiger charge is 2.21. The molecule has 30 heavy (non-hydrogen) atoms. The minimum Gasteiger partial charge on any atom is -0.491 e. The lowest BCUT2D eigenvalue weighted by Crippen LogP contribution is -2.28. The number of rotatable bonds is 7. The van der Waals surface area contributed by atoms with Crippen LogP contribution in [0.5, 0.6) is 5.75 Å². The molecule has 0 aromatic heterocycles. The minimum atomic E-state index is -0.158. The standard InChI is InChI=1S/C25H24N2O3/c28-24-11-6-17-27(24)21-14-12-20(13-15-21)25(29)26-16-18-30-23-10-5-4-9-22(23)19-7-2-1-3-8-19/h1-5,7-10,12-15H,6,11,16-18H2,(H,26,29). The van der Waals surface area contributed by atoms with E-state index in [1.54, 1.807) is 17.0 Å². The molecule has 0 saturated carbocycles. The number of nitrogens with zero attached hydrogens (tertiary/aromatic N) is 1. The maximum atomic E-state index is 12.4. The van der Waals surface area contributed by atoms with E-state index in [-0.39, 0.29) is 11.8 Å². The van der Waals surface area contributed by atoms with Gasteiger partial charge in [-0.1, -0.05) is 48.5 Å². The van der Waals surface area contributed by atoms with Gasteiger partial charge >= 0.3 is 0 Å². The molecule has 2 amide bonds. The molecule has 3 aromatic carbocycles. The summed E-state index contributed by atoms with van der Waals surface area (Å²) < 4.78 is 5.92. The number of amides is 2. The van der Waals surface area contributed by atoms with Crippen molar-refractivity contribution in [2.75, 3.05) is 24.6 Å². The van der Waals surface area contributed by atoms with Crippen molar-refractivity contribution in [2.45, 2.75) is 12.8 Å². The highest BCUT2D eigenvalue weighted by atomic mass is 16.5. The van der Waals surface area contributed by atoms with Gasteiger partial charge in [-0.3, -0.25) is 9.59 Å². The van der Waals surface area contributed by atoms with Crippen molar-refractivity contribution in [1.29, 1.82) is 0 Å². The highest BCUT2D eigenvalue weighted by Crippen LogP contribution is 2.29. The molecule has 1 fully saturated rings. The molecular weight excluding hydrogens is 376 g/mol. The number of hydrogen-bond acceptors (Lipinski definition) is 3. The first kappa shape index (κ1) is 19.7. The van der Waals surface area contributed by atoms with Crippen LogP contribution in [0.1, 0.15) is 23.2 Å². The van der Waals surface area contributed by atoms with Gasteiger partial charge in [0, 0.05) is 29.8 Å². The van der Waals surface area contributed by atoms with Gasteiger partial charge in [-0.05, 0) is 42.3 Å². The van der Waals surface area contributed by atoms with Crippen LogP contribution in [0.15, 0.2) is 78.9 Å². The Morgan fingerprint density at radius 2 is 1.67 bits per heavy atom. The fraction of sp³-hybridized carbons (Fsp3) is 0.200. The molecule has 1 aliphatic rings. The first-order chi connectivity index (χ1) is 14.7. The fourth-order valence-electron chi connectivity index (χ4n) is 3.59. The predicted molar refractivity (Wildman–Crippen MR) is 118 cm³/mol. The van der Waals surface area contributed by atoms with Crippen LogP contribution in [-0.4, -0.2) is 31.5 Å². The molecule has 1 heterocycles. The Morgan fingerprint density at radius 3 is 2.40 bits per heavy atom. The summed E-state index contributed by atoms with van der Waals surface area (Å²) in [4.78, 5) is 26.0. The summed E-state index contributed by atoms with van der Waals surface area (Å²) in [5.41, 5.74) is 3.52. The summed E-state index contributed by atoms with van der Waals surface area (Å²) in [6, 6.07) is 25.1. The first-order valence-corrected chi connectivity index (χ1v) is 10.2. The molecule has 0 unspecified atom stereocenters.